The molecule has 2 aromatic carbocycles. The van der Waals surface area contributed by atoms with Crippen molar-refractivity contribution in [3.63, 3.8) is 0 Å². The molecule has 6 rings (SSSR count). The monoisotopic (exact) mass is 592 g/mol. The summed E-state index contributed by atoms with van der Waals surface area (Å²) >= 11 is 0. The standard InChI is InChI=1S/C35H30F2N4O3/c36-35(37)13-17-41(18-14-35)34(43)26-5-3-24(4-6-26)27-19-28-20-30(44-33(28)31(21-27)25-11-15-39-16-12-25)9-8-29(42)7-1-23-2-10-32(38)40-22-23/h1-7,10-12,15-16,19-22H,8-9,13-14,17-18H2,(H2,38,40)/b7-1+. The van der Waals surface area contributed by atoms with Crippen molar-refractivity contribution in [1.29, 1.82) is 0 Å². The number of carbonyl (C=O) groups is 2. The second-order valence-electron chi connectivity index (χ2n) is 10.9. The Balaban J connectivity index is 1.23. The zero-order valence-corrected chi connectivity index (χ0v) is 23.9. The van der Waals surface area contributed by atoms with Crippen LogP contribution in [0.15, 0.2) is 95.8 Å². The summed E-state index contributed by atoms with van der Waals surface area (Å²) in [5.74, 6) is -1.87. The van der Waals surface area contributed by atoms with Crippen molar-refractivity contribution in [2.45, 2.75) is 31.6 Å². The van der Waals surface area contributed by atoms with Gasteiger partial charge in [0.15, 0.2) is 5.78 Å². The summed E-state index contributed by atoms with van der Waals surface area (Å²) in [6, 6.07) is 20.5. The SMILES string of the molecule is Nc1ccc(/C=C/C(=O)CCc2cc3cc(-c4ccc(C(=O)N5CCC(F)(F)CC5)cc4)cc(-c4ccncc4)c3o2)cn1. The number of carbonyl (C=O) groups excluding carboxylic acids is 2. The van der Waals surface area contributed by atoms with Gasteiger partial charge in [0, 0.05) is 73.9 Å². The molecule has 1 saturated heterocycles. The molecule has 44 heavy (non-hydrogen) atoms. The number of ketones is 1. The van der Waals surface area contributed by atoms with Crippen molar-refractivity contribution >= 4 is 34.6 Å². The van der Waals surface area contributed by atoms with Crippen molar-refractivity contribution in [3.05, 3.63) is 108 Å². The van der Waals surface area contributed by atoms with Crippen molar-refractivity contribution in [3.8, 4) is 22.3 Å². The fourth-order valence-corrected chi connectivity index (χ4v) is 5.30. The van der Waals surface area contributed by atoms with Gasteiger partial charge in [0.05, 0.1) is 0 Å². The Morgan fingerprint density at radius 1 is 0.932 bits per heavy atom. The molecule has 222 valence electrons. The van der Waals surface area contributed by atoms with Crippen LogP contribution in [0.1, 0.15) is 40.9 Å². The van der Waals surface area contributed by atoms with Gasteiger partial charge in [-0.3, -0.25) is 14.6 Å². The molecule has 1 aliphatic rings. The first-order valence-corrected chi connectivity index (χ1v) is 14.4. The van der Waals surface area contributed by atoms with E-state index in [2.05, 4.69) is 9.97 Å². The van der Waals surface area contributed by atoms with Crippen LogP contribution in [0.2, 0.25) is 0 Å². The topological polar surface area (TPSA) is 102 Å². The summed E-state index contributed by atoms with van der Waals surface area (Å²) in [6.45, 7) is 0.0919. The predicted molar refractivity (Wildman–Crippen MR) is 166 cm³/mol. The van der Waals surface area contributed by atoms with Crippen LogP contribution in [-0.4, -0.2) is 45.6 Å². The average molecular weight is 593 g/mol. The summed E-state index contributed by atoms with van der Waals surface area (Å²) in [4.78, 5) is 35.2. The number of pyridine rings is 2. The third-order valence-corrected chi connectivity index (χ3v) is 7.79. The highest BCUT2D eigenvalue weighted by atomic mass is 19.3. The molecular weight excluding hydrogens is 562 g/mol. The Bertz CT molecular complexity index is 1820. The fraction of sp³-hybridized carbons (Fsp3) is 0.200. The average Bonchev–Trinajstić information content (AvgIpc) is 3.46. The van der Waals surface area contributed by atoms with Crippen LogP contribution in [0.3, 0.4) is 0 Å². The lowest BCUT2D eigenvalue weighted by atomic mass is 9.96. The number of likely N-dealkylation sites (tertiary alicyclic amines) is 1. The van der Waals surface area contributed by atoms with E-state index in [9.17, 15) is 18.4 Å². The Hall–Kier alpha value is -5.18. The highest BCUT2D eigenvalue weighted by Gasteiger charge is 2.35. The number of aromatic nitrogens is 2. The number of nitrogens with two attached hydrogens (primary N) is 1. The summed E-state index contributed by atoms with van der Waals surface area (Å²) in [6.07, 6.45) is 8.38. The molecule has 4 heterocycles. The first-order chi connectivity index (χ1) is 21.2. The number of fused-ring (bicyclic) bond motifs is 1. The smallest absolute Gasteiger partial charge is 0.253 e. The third kappa shape index (κ3) is 6.57. The Labute approximate surface area is 253 Å². The lowest BCUT2D eigenvalue weighted by molar-refractivity contribution is -0.114. The summed E-state index contributed by atoms with van der Waals surface area (Å²) in [5.41, 5.74) is 11.2. The number of anilines is 1. The van der Waals surface area contributed by atoms with E-state index < -0.39 is 5.92 Å². The number of alkyl halides is 2. The first kappa shape index (κ1) is 28.9. The van der Waals surface area contributed by atoms with Crippen molar-refractivity contribution in [2.75, 3.05) is 18.8 Å². The van der Waals surface area contributed by atoms with Gasteiger partial charge in [-0.15, -0.1) is 0 Å². The number of hydrogen-bond acceptors (Lipinski definition) is 6. The molecule has 1 aliphatic heterocycles. The normalized spacial score (nSPS) is 14.7. The molecule has 0 bridgehead atoms. The van der Waals surface area contributed by atoms with Crippen molar-refractivity contribution in [1.82, 2.24) is 14.9 Å². The lowest BCUT2D eigenvalue weighted by Gasteiger charge is -2.31. The number of aryl methyl sites for hydroxylation is 1. The van der Waals surface area contributed by atoms with Crippen LogP contribution < -0.4 is 5.73 Å². The first-order valence-electron chi connectivity index (χ1n) is 14.4. The van der Waals surface area contributed by atoms with Gasteiger partial charge >= 0.3 is 0 Å². The zero-order chi connectivity index (χ0) is 30.7. The zero-order valence-electron chi connectivity index (χ0n) is 23.9. The molecule has 7 nitrogen and oxygen atoms in total. The molecule has 5 aromatic rings. The quantitative estimate of drug-likeness (QED) is 0.191. The second kappa shape index (κ2) is 12.2. The number of amides is 1. The van der Waals surface area contributed by atoms with E-state index in [0.717, 1.165) is 33.2 Å². The number of piperidine rings is 1. The molecule has 0 saturated carbocycles. The minimum Gasteiger partial charge on any atom is -0.460 e. The van der Waals surface area contributed by atoms with Crippen LogP contribution in [0, 0.1) is 0 Å². The summed E-state index contributed by atoms with van der Waals surface area (Å²) < 4.78 is 33.4. The van der Waals surface area contributed by atoms with E-state index in [4.69, 9.17) is 10.2 Å². The predicted octanol–water partition coefficient (Wildman–Crippen LogP) is 7.23. The van der Waals surface area contributed by atoms with Crippen molar-refractivity contribution in [2.24, 2.45) is 0 Å². The summed E-state index contributed by atoms with van der Waals surface area (Å²) in [5, 5.41) is 0.884. The molecule has 9 heteroatoms. The van der Waals surface area contributed by atoms with Gasteiger partial charge in [0.25, 0.3) is 11.8 Å². The largest absolute Gasteiger partial charge is 0.460 e. The number of rotatable bonds is 8. The number of benzene rings is 2. The van der Waals surface area contributed by atoms with E-state index in [1.54, 1.807) is 48.9 Å². The summed E-state index contributed by atoms with van der Waals surface area (Å²) in [7, 11) is 0. The second-order valence-corrected chi connectivity index (χ2v) is 10.9. The molecule has 0 spiro atoms. The maximum Gasteiger partial charge on any atom is 0.253 e. The van der Waals surface area contributed by atoms with Gasteiger partial charge in [0.2, 0.25) is 0 Å². The Kier molecular flexibility index (Phi) is 8.02. The molecule has 0 unspecified atom stereocenters. The molecule has 0 atom stereocenters. The van der Waals surface area contributed by atoms with Crippen LogP contribution >= 0.6 is 0 Å². The minimum atomic E-state index is -2.71. The van der Waals surface area contributed by atoms with Gasteiger partial charge in [-0.05, 0) is 89.0 Å². The van der Waals surface area contributed by atoms with E-state index in [1.165, 1.54) is 11.0 Å². The maximum absolute atomic E-state index is 13.6. The van der Waals surface area contributed by atoms with Crippen LogP contribution in [0.5, 0.6) is 0 Å². The Morgan fingerprint density at radius 2 is 1.68 bits per heavy atom. The van der Waals surface area contributed by atoms with Crippen LogP contribution in [0.4, 0.5) is 14.6 Å². The minimum absolute atomic E-state index is 0.0368. The third-order valence-electron chi connectivity index (χ3n) is 7.79. The van der Waals surface area contributed by atoms with Gasteiger partial charge in [-0.1, -0.05) is 12.1 Å². The number of allylic oxidation sites excluding steroid dienone is 1. The van der Waals surface area contributed by atoms with Crippen molar-refractivity contribution < 1.29 is 22.8 Å². The van der Waals surface area contributed by atoms with Gasteiger partial charge in [-0.2, -0.15) is 0 Å². The molecule has 2 N–H and O–H groups in total. The van der Waals surface area contributed by atoms with E-state index in [-0.39, 0.29) is 44.0 Å². The van der Waals surface area contributed by atoms with Crippen LogP contribution in [0.25, 0.3) is 39.3 Å². The highest BCUT2D eigenvalue weighted by Crippen LogP contribution is 2.36. The van der Waals surface area contributed by atoms with Gasteiger partial charge in [0.1, 0.15) is 17.2 Å². The maximum atomic E-state index is 13.6. The number of nitrogens with zero attached hydrogens (tertiary/aromatic N) is 3. The van der Waals surface area contributed by atoms with Gasteiger partial charge in [-0.25, -0.2) is 13.8 Å². The highest BCUT2D eigenvalue weighted by molar-refractivity contribution is 5.98. The van der Waals surface area contributed by atoms with E-state index in [1.807, 2.05) is 42.5 Å². The number of hydrogen-bond donors (Lipinski definition) is 1. The van der Waals surface area contributed by atoms with Gasteiger partial charge < -0.3 is 15.1 Å². The Morgan fingerprint density at radius 3 is 2.39 bits per heavy atom. The fourth-order valence-electron chi connectivity index (χ4n) is 5.30. The van der Waals surface area contributed by atoms with Crippen LogP contribution in [-0.2, 0) is 11.2 Å². The lowest BCUT2D eigenvalue weighted by Crippen LogP contribution is -2.42. The molecule has 3 aromatic heterocycles. The van der Waals surface area contributed by atoms with E-state index in [0.29, 0.717) is 29.1 Å². The molecule has 0 radical (unpaired) electrons. The number of furan rings is 1. The number of halogens is 2. The molecule has 1 amide bonds. The van der Waals surface area contributed by atoms with E-state index >= 15 is 0 Å². The molecule has 1 fully saturated rings. The number of nitrogen functional groups attached to an aromatic ring is 1. The molecular formula is C35H30F2N4O3. The molecule has 0 aliphatic carbocycles.